The molecule has 4 atom stereocenters. The van der Waals surface area contributed by atoms with Gasteiger partial charge in [-0.1, -0.05) is 0 Å². The number of aliphatic hydroxyl groups excluding tert-OH is 4. The molecule has 0 unspecified atom stereocenters. The van der Waals surface area contributed by atoms with Gasteiger partial charge in [0.05, 0.1) is 0 Å². The lowest BCUT2D eigenvalue weighted by atomic mass is 9.93. The molecule has 0 amide bonds. The van der Waals surface area contributed by atoms with Gasteiger partial charge in [-0.15, -0.1) is 0 Å². The Balaban J connectivity index is 2.23. The summed E-state index contributed by atoms with van der Waals surface area (Å²) in [5, 5.41) is 60.5. The van der Waals surface area contributed by atoms with Crippen LogP contribution in [0.5, 0.6) is 0 Å². The van der Waals surface area contributed by atoms with E-state index in [4.69, 9.17) is 4.74 Å². The Morgan fingerprint density at radius 3 is 2.47 bits per heavy atom. The largest absolute Gasteiger partial charge is 0.509 e. The number of nitrogens with one attached hydrogen (secondary N) is 1. The van der Waals surface area contributed by atoms with Crippen LogP contribution in [-0.4, -0.2) is 74.1 Å². The van der Waals surface area contributed by atoms with Crippen LogP contribution >= 0.6 is 0 Å². The lowest BCUT2D eigenvalue weighted by Gasteiger charge is -2.42. The molecule has 2 aliphatic rings. The Kier molecular flexibility index (Phi) is 4.11. The molecule has 0 aliphatic carbocycles. The SMILES string of the molecule is O/C(=C1\CCCNC1)[C@@H]1OC(O)(O)[C@H](O)[C@@H](O)[C@@H]1O. The molecule has 0 aromatic rings. The number of hydrogen-bond donors (Lipinski definition) is 7. The number of piperidine rings is 1. The van der Waals surface area contributed by atoms with Crippen LogP contribution < -0.4 is 5.32 Å². The Bertz CT molecular complexity index is 362. The highest BCUT2D eigenvalue weighted by molar-refractivity contribution is 5.18. The van der Waals surface area contributed by atoms with Gasteiger partial charge >= 0.3 is 5.97 Å². The average molecular weight is 277 g/mol. The molecular weight excluding hydrogens is 258 g/mol. The summed E-state index contributed by atoms with van der Waals surface area (Å²) in [6.07, 6.45) is -5.71. The smallest absolute Gasteiger partial charge is 0.309 e. The minimum Gasteiger partial charge on any atom is -0.509 e. The van der Waals surface area contributed by atoms with Crippen LogP contribution in [0.4, 0.5) is 0 Å². The molecule has 8 heteroatoms. The van der Waals surface area contributed by atoms with Gasteiger partial charge in [0.15, 0.2) is 6.10 Å². The van der Waals surface area contributed by atoms with Crippen molar-refractivity contribution in [1.29, 1.82) is 0 Å². The molecule has 2 rings (SSSR count). The van der Waals surface area contributed by atoms with E-state index in [0.717, 1.165) is 13.0 Å². The molecule has 19 heavy (non-hydrogen) atoms. The molecule has 7 N–H and O–H groups in total. The fraction of sp³-hybridized carbons (Fsp3) is 0.818. The number of rotatable bonds is 1. The topological polar surface area (TPSA) is 143 Å². The fourth-order valence-corrected chi connectivity index (χ4v) is 2.31. The Hall–Kier alpha value is -0.740. The lowest BCUT2D eigenvalue weighted by Crippen LogP contribution is -2.64. The van der Waals surface area contributed by atoms with Crippen molar-refractivity contribution in [3.8, 4) is 0 Å². The normalized spacial score (nSPS) is 41.9. The van der Waals surface area contributed by atoms with Crippen LogP contribution in [0.25, 0.3) is 0 Å². The monoisotopic (exact) mass is 277 g/mol. The second kappa shape index (κ2) is 5.33. The van der Waals surface area contributed by atoms with Crippen LogP contribution in [0, 0.1) is 0 Å². The zero-order valence-corrected chi connectivity index (χ0v) is 10.2. The van der Waals surface area contributed by atoms with E-state index < -0.39 is 30.4 Å². The molecule has 0 radical (unpaired) electrons. The molecule has 0 aromatic carbocycles. The first-order valence-electron chi connectivity index (χ1n) is 6.13. The van der Waals surface area contributed by atoms with Crippen LogP contribution in [0.2, 0.25) is 0 Å². The van der Waals surface area contributed by atoms with Gasteiger partial charge < -0.3 is 40.7 Å². The zero-order valence-electron chi connectivity index (χ0n) is 10.2. The van der Waals surface area contributed by atoms with Crippen molar-refractivity contribution in [3.63, 3.8) is 0 Å². The van der Waals surface area contributed by atoms with Crippen molar-refractivity contribution >= 4 is 0 Å². The summed E-state index contributed by atoms with van der Waals surface area (Å²) in [6.45, 7) is 1.19. The second-order valence-corrected chi connectivity index (χ2v) is 4.89. The minimum atomic E-state index is -3.03. The van der Waals surface area contributed by atoms with Gasteiger partial charge in [-0.25, -0.2) is 0 Å². The number of aliphatic hydroxyl groups is 6. The van der Waals surface area contributed by atoms with Crippen molar-refractivity contribution in [2.24, 2.45) is 0 Å². The summed E-state index contributed by atoms with van der Waals surface area (Å²) in [5.41, 5.74) is 0.565. The van der Waals surface area contributed by atoms with E-state index in [-0.39, 0.29) is 5.76 Å². The molecule has 2 saturated heterocycles. The van der Waals surface area contributed by atoms with Gasteiger partial charge in [-0.05, 0) is 25.0 Å². The molecule has 0 aromatic heterocycles. The minimum absolute atomic E-state index is 0.349. The predicted octanol–water partition coefficient (Wildman–Crippen LogP) is -2.70. The first-order valence-corrected chi connectivity index (χ1v) is 6.13. The molecule has 0 saturated carbocycles. The summed E-state index contributed by atoms with van der Waals surface area (Å²) in [7, 11) is 0. The van der Waals surface area contributed by atoms with E-state index in [1.807, 2.05) is 0 Å². The lowest BCUT2D eigenvalue weighted by molar-refractivity contribution is -0.430. The van der Waals surface area contributed by atoms with Crippen molar-refractivity contribution < 1.29 is 35.4 Å². The van der Waals surface area contributed by atoms with E-state index in [9.17, 15) is 30.6 Å². The maximum Gasteiger partial charge on any atom is 0.309 e. The van der Waals surface area contributed by atoms with Crippen LogP contribution in [0.15, 0.2) is 11.3 Å². The maximum atomic E-state index is 10.0. The van der Waals surface area contributed by atoms with Crippen LogP contribution in [0.1, 0.15) is 12.8 Å². The van der Waals surface area contributed by atoms with Gasteiger partial charge in [0.25, 0.3) is 0 Å². The standard InChI is InChI=1S/C11H19NO7/c13-6(5-2-1-3-12-4-5)9-7(14)8(15)10(16)11(17,18)19-9/h7-10,12-18H,1-4H2/b6-5+/t7-,8-,9-,10+/m0/s1. The fourth-order valence-electron chi connectivity index (χ4n) is 2.31. The van der Waals surface area contributed by atoms with Gasteiger partial charge in [0, 0.05) is 6.54 Å². The average Bonchev–Trinajstić information content (AvgIpc) is 2.41. The van der Waals surface area contributed by atoms with Gasteiger partial charge in [-0.3, -0.25) is 0 Å². The molecule has 0 bridgehead atoms. The number of ether oxygens (including phenoxy) is 1. The summed E-state index contributed by atoms with van der Waals surface area (Å²) < 4.78 is 4.70. The Morgan fingerprint density at radius 2 is 1.89 bits per heavy atom. The predicted molar refractivity (Wildman–Crippen MR) is 61.8 cm³/mol. The quantitative estimate of drug-likeness (QED) is 0.203. The summed E-state index contributed by atoms with van der Waals surface area (Å²) >= 11 is 0. The highest BCUT2D eigenvalue weighted by atomic mass is 16.8. The van der Waals surface area contributed by atoms with Crippen molar-refractivity contribution in [2.45, 2.75) is 43.2 Å². The number of hydrogen-bond acceptors (Lipinski definition) is 8. The first-order chi connectivity index (χ1) is 8.84. The van der Waals surface area contributed by atoms with E-state index in [1.54, 1.807) is 0 Å². The van der Waals surface area contributed by atoms with E-state index in [0.29, 0.717) is 18.5 Å². The van der Waals surface area contributed by atoms with Gasteiger partial charge in [0.1, 0.15) is 24.1 Å². The summed E-state index contributed by atoms with van der Waals surface area (Å²) in [4.78, 5) is 0. The van der Waals surface area contributed by atoms with E-state index >= 15 is 0 Å². The van der Waals surface area contributed by atoms with Crippen molar-refractivity contribution in [2.75, 3.05) is 13.1 Å². The summed E-state index contributed by atoms with van der Waals surface area (Å²) in [5.74, 6) is -3.38. The Morgan fingerprint density at radius 1 is 1.21 bits per heavy atom. The molecule has 2 heterocycles. The maximum absolute atomic E-state index is 10.0. The highest BCUT2D eigenvalue weighted by Crippen LogP contribution is 2.31. The molecule has 8 nitrogen and oxygen atoms in total. The third kappa shape index (κ3) is 2.75. The third-order valence-corrected chi connectivity index (χ3v) is 3.47. The summed E-state index contributed by atoms with van der Waals surface area (Å²) in [6, 6.07) is 0. The van der Waals surface area contributed by atoms with Crippen molar-refractivity contribution in [1.82, 2.24) is 5.32 Å². The molecule has 2 fully saturated rings. The van der Waals surface area contributed by atoms with Gasteiger partial charge in [-0.2, -0.15) is 0 Å². The zero-order chi connectivity index (χ0) is 14.2. The van der Waals surface area contributed by atoms with E-state index in [1.165, 1.54) is 0 Å². The Labute approximate surface area is 109 Å². The second-order valence-electron chi connectivity index (χ2n) is 4.89. The molecular formula is C11H19NO7. The van der Waals surface area contributed by atoms with Gasteiger partial charge in [0.2, 0.25) is 0 Å². The molecule has 2 aliphatic heterocycles. The highest BCUT2D eigenvalue weighted by Gasteiger charge is 2.53. The molecule has 0 spiro atoms. The first kappa shape index (κ1) is 14.7. The third-order valence-electron chi connectivity index (χ3n) is 3.47. The van der Waals surface area contributed by atoms with Crippen LogP contribution in [-0.2, 0) is 4.74 Å². The van der Waals surface area contributed by atoms with E-state index in [2.05, 4.69) is 5.32 Å². The van der Waals surface area contributed by atoms with Crippen molar-refractivity contribution in [3.05, 3.63) is 11.3 Å². The van der Waals surface area contributed by atoms with Crippen LogP contribution in [0.3, 0.4) is 0 Å². The molecule has 110 valence electrons.